The average molecular weight is 215 g/mol. The summed E-state index contributed by atoms with van der Waals surface area (Å²) < 4.78 is 0. The zero-order valence-corrected chi connectivity index (χ0v) is 11.0. The lowest BCUT2D eigenvalue weighted by Gasteiger charge is -2.25. The van der Waals surface area contributed by atoms with Crippen molar-refractivity contribution in [3.05, 3.63) is 0 Å². The molecule has 3 heteroatoms. The highest BCUT2D eigenvalue weighted by Gasteiger charge is 2.08. The Labute approximate surface area is 95.6 Å². The number of nitrogens with zero attached hydrogens (tertiary/aromatic N) is 2. The molecule has 92 valence electrons. The van der Waals surface area contributed by atoms with Crippen LogP contribution in [0.1, 0.15) is 34.1 Å². The highest BCUT2D eigenvalue weighted by atomic mass is 15.1. The van der Waals surface area contributed by atoms with Crippen molar-refractivity contribution in [3.8, 4) is 0 Å². The second-order valence-corrected chi connectivity index (χ2v) is 4.06. The average Bonchev–Trinajstić information content (AvgIpc) is 2.27. The molecule has 0 aromatic heterocycles. The SMILES string of the molecule is CCN(CC)CCC(N)CN(CC)CC. The Morgan fingerprint density at radius 2 is 1.33 bits per heavy atom. The third kappa shape index (κ3) is 6.88. The lowest BCUT2D eigenvalue weighted by atomic mass is 10.2. The van der Waals surface area contributed by atoms with E-state index < -0.39 is 0 Å². The molecule has 0 aromatic carbocycles. The lowest BCUT2D eigenvalue weighted by Crippen LogP contribution is -2.39. The van der Waals surface area contributed by atoms with Gasteiger partial charge in [0, 0.05) is 12.6 Å². The van der Waals surface area contributed by atoms with E-state index in [9.17, 15) is 0 Å². The molecule has 0 radical (unpaired) electrons. The van der Waals surface area contributed by atoms with Crippen LogP contribution in [-0.4, -0.2) is 55.1 Å². The molecule has 2 N–H and O–H groups in total. The standard InChI is InChI=1S/C12H29N3/c1-5-14(6-2)10-9-12(13)11-15(7-3)8-4/h12H,5-11,13H2,1-4H3. The molecule has 0 aliphatic carbocycles. The molecule has 0 rings (SSSR count). The monoisotopic (exact) mass is 215 g/mol. The lowest BCUT2D eigenvalue weighted by molar-refractivity contribution is 0.248. The summed E-state index contributed by atoms with van der Waals surface area (Å²) in [7, 11) is 0. The van der Waals surface area contributed by atoms with Crippen LogP contribution in [0.4, 0.5) is 0 Å². The largest absolute Gasteiger partial charge is 0.326 e. The van der Waals surface area contributed by atoms with E-state index in [0.29, 0.717) is 6.04 Å². The van der Waals surface area contributed by atoms with Crippen LogP contribution in [0.3, 0.4) is 0 Å². The highest BCUT2D eigenvalue weighted by Crippen LogP contribution is 1.97. The summed E-state index contributed by atoms with van der Waals surface area (Å²) in [4.78, 5) is 4.83. The van der Waals surface area contributed by atoms with Gasteiger partial charge in [0.2, 0.25) is 0 Å². The van der Waals surface area contributed by atoms with Crippen LogP contribution < -0.4 is 5.73 Å². The first-order valence-corrected chi connectivity index (χ1v) is 6.38. The van der Waals surface area contributed by atoms with Crippen molar-refractivity contribution < 1.29 is 0 Å². The Kier molecular flexibility index (Phi) is 9.06. The van der Waals surface area contributed by atoms with Crippen LogP contribution in [-0.2, 0) is 0 Å². The zero-order chi connectivity index (χ0) is 11.7. The van der Waals surface area contributed by atoms with E-state index in [-0.39, 0.29) is 0 Å². The number of rotatable bonds is 9. The zero-order valence-electron chi connectivity index (χ0n) is 11.0. The topological polar surface area (TPSA) is 32.5 Å². The number of likely N-dealkylation sites (N-methyl/N-ethyl adjacent to an activating group) is 1. The van der Waals surface area contributed by atoms with Crippen molar-refractivity contribution in [1.82, 2.24) is 9.80 Å². The van der Waals surface area contributed by atoms with E-state index in [2.05, 4.69) is 37.5 Å². The minimum Gasteiger partial charge on any atom is -0.326 e. The molecular formula is C12H29N3. The molecule has 0 aliphatic rings. The number of hydrogen-bond acceptors (Lipinski definition) is 3. The van der Waals surface area contributed by atoms with Crippen LogP contribution in [0.2, 0.25) is 0 Å². The number of nitrogens with two attached hydrogens (primary N) is 1. The van der Waals surface area contributed by atoms with Gasteiger partial charge in [0.05, 0.1) is 0 Å². The van der Waals surface area contributed by atoms with E-state index in [1.165, 1.54) is 0 Å². The molecule has 0 saturated carbocycles. The van der Waals surface area contributed by atoms with E-state index in [1.54, 1.807) is 0 Å². The normalized spacial score (nSPS) is 13.8. The molecule has 0 bridgehead atoms. The fourth-order valence-electron chi connectivity index (χ4n) is 1.79. The van der Waals surface area contributed by atoms with Gasteiger partial charge in [-0.15, -0.1) is 0 Å². The fourth-order valence-corrected chi connectivity index (χ4v) is 1.79. The summed E-state index contributed by atoms with van der Waals surface area (Å²) in [5.74, 6) is 0. The molecule has 0 fully saturated rings. The van der Waals surface area contributed by atoms with Gasteiger partial charge in [0.25, 0.3) is 0 Å². The Balaban J connectivity index is 3.67. The van der Waals surface area contributed by atoms with E-state index >= 15 is 0 Å². The predicted molar refractivity (Wildman–Crippen MR) is 68.2 cm³/mol. The van der Waals surface area contributed by atoms with Gasteiger partial charge in [-0.05, 0) is 39.1 Å². The second-order valence-electron chi connectivity index (χ2n) is 4.06. The van der Waals surface area contributed by atoms with Gasteiger partial charge in [-0.2, -0.15) is 0 Å². The molecule has 0 amide bonds. The van der Waals surface area contributed by atoms with Crippen molar-refractivity contribution in [3.63, 3.8) is 0 Å². The Morgan fingerprint density at radius 1 is 0.867 bits per heavy atom. The summed E-state index contributed by atoms with van der Waals surface area (Å²) >= 11 is 0. The third-order valence-electron chi connectivity index (χ3n) is 3.10. The second kappa shape index (κ2) is 9.13. The Bertz CT molecular complexity index is 131. The first kappa shape index (κ1) is 14.9. The molecule has 1 unspecified atom stereocenters. The fraction of sp³-hybridized carbons (Fsp3) is 1.00. The molecular weight excluding hydrogens is 186 g/mol. The molecule has 0 heterocycles. The molecule has 15 heavy (non-hydrogen) atoms. The summed E-state index contributed by atoms with van der Waals surface area (Å²) in [6.07, 6.45) is 1.11. The maximum Gasteiger partial charge on any atom is 0.0180 e. The summed E-state index contributed by atoms with van der Waals surface area (Å²) in [6, 6.07) is 0.325. The maximum atomic E-state index is 6.12. The van der Waals surface area contributed by atoms with Gasteiger partial charge in [-0.3, -0.25) is 0 Å². The Hall–Kier alpha value is -0.120. The van der Waals surface area contributed by atoms with Crippen LogP contribution >= 0.6 is 0 Å². The molecule has 1 atom stereocenters. The first-order chi connectivity index (χ1) is 7.17. The molecule has 3 nitrogen and oxygen atoms in total. The molecule has 0 saturated heterocycles. The third-order valence-corrected chi connectivity index (χ3v) is 3.10. The maximum absolute atomic E-state index is 6.12. The quantitative estimate of drug-likeness (QED) is 0.631. The van der Waals surface area contributed by atoms with Crippen LogP contribution in [0, 0.1) is 0 Å². The summed E-state index contributed by atoms with van der Waals surface area (Å²) in [5.41, 5.74) is 6.12. The Morgan fingerprint density at radius 3 is 1.73 bits per heavy atom. The predicted octanol–water partition coefficient (Wildman–Crippen LogP) is 1.39. The van der Waals surface area contributed by atoms with Crippen molar-refractivity contribution in [2.45, 2.75) is 40.2 Å². The van der Waals surface area contributed by atoms with Gasteiger partial charge >= 0.3 is 0 Å². The molecule has 0 aliphatic heterocycles. The molecule has 0 aromatic rings. The minimum absolute atomic E-state index is 0.325. The van der Waals surface area contributed by atoms with Gasteiger partial charge < -0.3 is 15.5 Å². The first-order valence-electron chi connectivity index (χ1n) is 6.38. The van der Waals surface area contributed by atoms with Crippen LogP contribution in [0.25, 0.3) is 0 Å². The molecule has 0 spiro atoms. The van der Waals surface area contributed by atoms with Crippen molar-refractivity contribution in [2.24, 2.45) is 5.73 Å². The summed E-state index contributed by atoms with van der Waals surface area (Å²) in [6.45, 7) is 15.5. The number of hydrogen-bond donors (Lipinski definition) is 1. The van der Waals surface area contributed by atoms with Crippen molar-refractivity contribution in [2.75, 3.05) is 39.3 Å². The van der Waals surface area contributed by atoms with Gasteiger partial charge in [-0.25, -0.2) is 0 Å². The van der Waals surface area contributed by atoms with E-state index in [0.717, 1.165) is 45.7 Å². The van der Waals surface area contributed by atoms with E-state index in [1.807, 2.05) is 0 Å². The van der Waals surface area contributed by atoms with Crippen LogP contribution in [0.15, 0.2) is 0 Å². The van der Waals surface area contributed by atoms with Crippen molar-refractivity contribution in [1.29, 1.82) is 0 Å². The smallest absolute Gasteiger partial charge is 0.0180 e. The minimum atomic E-state index is 0.325. The van der Waals surface area contributed by atoms with Gasteiger partial charge in [0.15, 0.2) is 0 Å². The van der Waals surface area contributed by atoms with Crippen LogP contribution in [0.5, 0.6) is 0 Å². The van der Waals surface area contributed by atoms with Gasteiger partial charge in [0.1, 0.15) is 0 Å². The van der Waals surface area contributed by atoms with E-state index in [4.69, 9.17) is 5.73 Å². The highest BCUT2D eigenvalue weighted by molar-refractivity contribution is 4.69. The van der Waals surface area contributed by atoms with Crippen molar-refractivity contribution >= 4 is 0 Å². The van der Waals surface area contributed by atoms with Gasteiger partial charge in [-0.1, -0.05) is 27.7 Å². The summed E-state index contributed by atoms with van der Waals surface area (Å²) in [5, 5.41) is 0.